The third kappa shape index (κ3) is 6.32. The molecule has 1 N–H and O–H groups in total. The number of aliphatic hydroxyl groups excluding tert-OH is 1. The summed E-state index contributed by atoms with van der Waals surface area (Å²) in [7, 11) is 0. The third-order valence-corrected chi connectivity index (χ3v) is 6.02. The fourth-order valence-electron chi connectivity index (χ4n) is 4.07. The van der Waals surface area contributed by atoms with Crippen LogP contribution in [0.15, 0.2) is 78.9 Å². The van der Waals surface area contributed by atoms with Crippen LogP contribution in [0.3, 0.4) is 0 Å². The number of nitrogens with zero attached hydrogens (tertiary/aromatic N) is 2. The minimum Gasteiger partial charge on any atom is -0.445 e. The summed E-state index contributed by atoms with van der Waals surface area (Å²) in [6, 6.07) is 23.0. The van der Waals surface area contributed by atoms with Gasteiger partial charge in [-0.05, 0) is 41.0 Å². The average Bonchev–Trinajstić information content (AvgIpc) is 3.21. The number of benzene rings is 3. The van der Waals surface area contributed by atoms with Crippen LogP contribution in [0.1, 0.15) is 16.7 Å². The number of ether oxygens (including phenoxy) is 1. The molecule has 1 amide bonds. The lowest BCUT2D eigenvalue weighted by Gasteiger charge is -2.30. The quantitative estimate of drug-likeness (QED) is 0.538. The molecule has 2 atom stereocenters. The van der Waals surface area contributed by atoms with E-state index in [1.165, 1.54) is 17.0 Å². The highest BCUT2D eigenvalue weighted by Gasteiger charge is 2.38. The number of halogens is 2. The molecule has 3 aromatic rings. The number of likely N-dealkylation sites (tertiary alicyclic amines) is 1. The van der Waals surface area contributed by atoms with E-state index in [0.29, 0.717) is 24.7 Å². The maximum atomic E-state index is 13.8. The number of rotatable bonds is 7. The molecule has 0 bridgehead atoms. The zero-order chi connectivity index (χ0) is 23.2. The molecule has 5 nitrogen and oxygen atoms in total. The van der Waals surface area contributed by atoms with Gasteiger partial charge in [0.15, 0.2) is 0 Å². The highest BCUT2D eigenvalue weighted by molar-refractivity contribution is 6.30. The molecule has 1 aliphatic rings. The predicted molar refractivity (Wildman–Crippen MR) is 125 cm³/mol. The van der Waals surface area contributed by atoms with Crippen molar-refractivity contribution in [1.82, 2.24) is 9.80 Å². The van der Waals surface area contributed by atoms with Gasteiger partial charge < -0.3 is 14.7 Å². The van der Waals surface area contributed by atoms with Gasteiger partial charge in [-0.1, -0.05) is 66.2 Å². The van der Waals surface area contributed by atoms with E-state index in [9.17, 15) is 14.3 Å². The second-order valence-electron chi connectivity index (χ2n) is 8.24. The van der Waals surface area contributed by atoms with Crippen molar-refractivity contribution in [1.29, 1.82) is 0 Å². The molecule has 1 fully saturated rings. The Balaban J connectivity index is 1.46. The zero-order valence-corrected chi connectivity index (χ0v) is 18.9. The molecule has 0 aromatic heterocycles. The molecule has 0 spiro atoms. The van der Waals surface area contributed by atoms with Crippen LogP contribution >= 0.6 is 11.6 Å². The van der Waals surface area contributed by atoms with E-state index in [-0.39, 0.29) is 25.0 Å². The van der Waals surface area contributed by atoms with Crippen molar-refractivity contribution in [2.75, 3.05) is 13.1 Å². The van der Waals surface area contributed by atoms with Gasteiger partial charge in [-0.2, -0.15) is 0 Å². The van der Waals surface area contributed by atoms with E-state index in [1.54, 1.807) is 6.07 Å². The second-order valence-corrected chi connectivity index (χ2v) is 8.68. The smallest absolute Gasteiger partial charge is 0.410 e. The normalized spacial score (nSPS) is 18.0. The van der Waals surface area contributed by atoms with Crippen LogP contribution in [0.25, 0.3) is 0 Å². The Labute approximate surface area is 198 Å². The summed E-state index contributed by atoms with van der Waals surface area (Å²) < 4.78 is 19.2. The highest BCUT2D eigenvalue weighted by Crippen LogP contribution is 2.23. The van der Waals surface area contributed by atoms with E-state index in [4.69, 9.17) is 16.3 Å². The standard InChI is InChI=1S/C26H26ClFN2O3/c27-22-11-9-19(10-12-22)14-29(15-21-7-4-8-23(28)13-21)24-16-30(17-25(24)31)26(32)33-18-20-5-2-1-3-6-20/h1-13,24-25,31H,14-18H2/t24-,25-/m1/s1. The van der Waals surface area contributed by atoms with Gasteiger partial charge in [0.05, 0.1) is 18.7 Å². The van der Waals surface area contributed by atoms with E-state index < -0.39 is 12.2 Å². The number of amides is 1. The lowest BCUT2D eigenvalue weighted by Crippen LogP contribution is -2.42. The number of hydrogen-bond donors (Lipinski definition) is 1. The summed E-state index contributed by atoms with van der Waals surface area (Å²) in [5.74, 6) is -0.308. The lowest BCUT2D eigenvalue weighted by atomic mass is 10.1. The molecule has 0 radical (unpaired) electrons. The molecule has 33 heavy (non-hydrogen) atoms. The van der Waals surface area contributed by atoms with Crippen LogP contribution in [0.5, 0.6) is 0 Å². The van der Waals surface area contributed by atoms with Gasteiger partial charge >= 0.3 is 6.09 Å². The zero-order valence-electron chi connectivity index (χ0n) is 18.1. The van der Waals surface area contributed by atoms with Crippen LogP contribution in [0.2, 0.25) is 5.02 Å². The molecule has 4 rings (SSSR count). The van der Waals surface area contributed by atoms with Crippen LogP contribution < -0.4 is 0 Å². The maximum Gasteiger partial charge on any atom is 0.410 e. The van der Waals surface area contributed by atoms with Crippen molar-refractivity contribution in [3.8, 4) is 0 Å². The van der Waals surface area contributed by atoms with E-state index >= 15 is 0 Å². The van der Waals surface area contributed by atoms with Crippen molar-refractivity contribution >= 4 is 17.7 Å². The van der Waals surface area contributed by atoms with Gasteiger partial charge in [-0.25, -0.2) is 9.18 Å². The summed E-state index contributed by atoms with van der Waals surface area (Å²) in [6.45, 7) is 1.61. The number of carbonyl (C=O) groups excluding carboxylic acids is 1. The molecule has 1 aliphatic heterocycles. The second kappa shape index (κ2) is 10.8. The number of hydrogen-bond acceptors (Lipinski definition) is 4. The van der Waals surface area contributed by atoms with Crippen molar-refractivity contribution in [3.63, 3.8) is 0 Å². The topological polar surface area (TPSA) is 53.0 Å². The Kier molecular flexibility index (Phi) is 7.60. The number of β-amino-alcohol motifs (C(OH)–C–C–N with tert-alkyl or cyclic N) is 1. The van der Waals surface area contributed by atoms with E-state index in [2.05, 4.69) is 4.90 Å². The maximum absolute atomic E-state index is 13.8. The minimum atomic E-state index is -0.755. The number of aliphatic hydroxyl groups is 1. The summed E-state index contributed by atoms with van der Waals surface area (Å²) in [5, 5.41) is 11.5. The first-order valence-corrected chi connectivity index (χ1v) is 11.2. The van der Waals surface area contributed by atoms with Crippen LogP contribution in [0, 0.1) is 5.82 Å². The average molecular weight is 469 g/mol. The van der Waals surface area contributed by atoms with Crippen molar-refractivity contribution in [3.05, 3.63) is 106 Å². The molecule has 7 heteroatoms. The molecule has 0 aliphatic carbocycles. The molecule has 172 valence electrons. The van der Waals surface area contributed by atoms with Crippen molar-refractivity contribution < 1.29 is 19.0 Å². The molecule has 3 aromatic carbocycles. The van der Waals surface area contributed by atoms with Gasteiger partial charge in [0.25, 0.3) is 0 Å². The first-order valence-electron chi connectivity index (χ1n) is 10.8. The fraction of sp³-hybridized carbons (Fsp3) is 0.269. The fourth-order valence-corrected chi connectivity index (χ4v) is 4.20. The molecule has 1 heterocycles. The van der Waals surface area contributed by atoms with Gasteiger partial charge in [-0.3, -0.25) is 4.90 Å². The minimum absolute atomic E-state index is 0.175. The van der Waals surface area contributed by atoms with E-state index in [0.717, 1.165) is 16.7 Å². The first-order chi connectivity index (χ1) is 16.0. The van der Waals surface area contributed by atoms with Crippen LogP contribution in [-0.2, 0) is 24.4 Å². The Bertz CT molecular complexity index is 1060. The molecular weight excluding hydrogens is 443 g/mol. The third-order valence-electron chi connectivity index (χ3n) is 5.77. The van der Waals surface area contributed by atoms with Gasteiger partial charge in [0, 0.05) is 24.7 Å². The molecule has 0 unspecified atom stereocenters. The first kappa shape index (κ1) is 23.2. The van der Waals surface area contributed by atoms with E-state index in [1.807, 2.05) is 60.7 Å². The largest absolute Gasteiger partial charge is 0.445 e. The van der Waals surface area contributed by atoms with Gasteiger partial charge in [-0.15, -0.1) is 0 Å². The Hall–Kier alpha value is -2.93. The van der Waals surface area contributed by atoms with Crippen molar-refractivity contribution in [2.24, 2.45) is 0 Å². The predicted octanol–water partition coefficient (Wildman–Crippen LogP) is 4.86. The summed E-state index contributed by atoms with van der Waals surface area (Å²) in [4.78, 5) is 16.2. The van der Waals surface area contributed by atoms with Crippen LogP contribution in [-0.4, -0.2) is 46.2 Å². The summed E-state index contributed by atoms with van der Waals surface area (Å²) in [6.07, 6.45) is -1.22. The Morgan fingerprint density at radius 1 is 0.970 bits per heavy atom. The molecular formula is C26H26ClFN2O3. The summed E-state index contributed by atoms with van der Waals surface area (Å²) in [5.41, 5.74) is 2.70. The van der Waals surface area contributed by atoms with Gasteiger partial charge in [0.1, 0.15) is 12.4 Å². The SMILES string of the molecule is O=C(OCc1ccccc1)N1C[C@@H](O)[C@H](N(Cc2ccc(Cl)cc2)Cc2cccc(F)c2)C1. The monoisotopic (exact) mass is 468 g/mol. The lowest BCUT2D eigenvalue weighted by molar-refractivity contribution is 0.0728. The number of carbonyl (C=O) groups is 1. The van der Waals surface area contributed by atoms with Gasteiger partial charge in [0.2, 0.25) is 0 Å². The van der Waals surface area contributed by atoms with Crippen molar-refractivity contribution in [2.45, 2.75) is 31.8 Å². The summed E-state index contributed by atoms with van der Waals surface area (Å²) >= 11 is 6.02. The Morgan fingerprint density at radius 2 is 1.67 bits per heavy atom. The Morgan fingerprint density at radius 3 is 2.39 bits per heavy atom. The van der Waals surface area contributed by atoms with Crippen LogP contribution in [0.4, 0.5) is 9.18 Å². The molecule has 1 saturated heterocycles. The highest BCUT2D eigenvalue weighted by atomic mass is 35.5. The molecule has 0 saturated carbocycles.